The second kappa shape index (κ2) is 6.70. The summed E-state index contributed by atoms with van der Waals surface area (Å²) in [5, 5.41) is 10.4. The van der Waals surface area contributed by atoms with E-state index in [0.29, 0.717) is 17.1 Å². The first-order valence-electron chi connectivity index (χ1n) is 8.52. The number of carbonyl (C=O) groups is 2. The summed E-state index contributed by atoms with van der Waals surface area (Å²) < 4.78 is 41.1. The van der Waals surface area contributed by atoms with Crippen molar-refractivity contribution in [1.29, 1.82) is 0 Å². The number of aldehydes is 1. The number of carbonyl (C=O) groups excluding carboxylic acids is 1. The van der Waals surface area contributed by atoms with Gasteiger partial charge in [-0.25, -0.2) is 4.79 Å². The summed E-state index contributed by atoms with van der Waals surface area (Å²) >= 11 is 0. The Balaban J connectivity index is 2.16. The van der Waals surface area contributed by atoms with Gasteiger partial charge in [-0.2, -0.15) is 13.2 Å². The SMILES string of the molecule is O=Cc1c(-c2ncccc2C(=O)O)ccc2c1cc(C(F)(F)F)c1ccccc12. The molecule has 0 aliphatic rings. The first-order valence-corrected chi connectivity index (χ1v) is 8.52. The van der Waals surface area contributed by atoms with E-state index in [1.807, 2.05) is 0 Å². The van der Waals surface area contributed by atoms with Crippen LogP contribution in [-0.4, -0.2) is 22.3 Å². The molecule has 144 valence electrons. The molecule has 0 unspecified atom stereocenters. The third-order valence-corrected chi connectivity index (χ3v) is 4.80. The minimum Gasteiger partial charge on any atom is -0.478 e. The lowest BCUT2D eigenvalue weighted by molar-refractivity contribution is -0.136. The molecule has 29 heavy (non-hydrogen) atoms. The average Bonchev–Trinajstić information content (AvgIpc) is 2.71. The first kappa shape index (κ1) is 18.6. The smallest absolute Gasteiger partial charge is 0.417 e. The summed E-state index contributed by atoms with van der Waals surface area (Å²) in [4.78, 5) is 27.5. The molecule has 3 aromatic carbocycles. The van der Waals surface area contributed by atoms with Crippen molar-refractivity contribution < 1.29 is 27.9 Å². The van der Waals surface area contributed by atoms with Gasteiger partial charge in [0.25, 0.3) is 0 Å². The van der Waals surface area contributed by atoms with E-state index in [2.05, 4.69) is 4.98 Å². The maximum Gasteiger partial charge on any atom is 0.417 e. The highest BCUT2D eigenvalue weighted by molar-refractivity contribution is 6.16. The summed E-state index contributed by atoms with van der Waals surface area (Å²) in [5.74, 6) is -1.25. The number of carboxylic acid groups (broad SMARTS) is 1. The van der Waals surface area contributed by atoms with Crippen LogP contribution in [0.1, 0.15) is 26.3 Å². The highest BCUT2D eigenvalue weighted by Gasteiger charge is 2.33. The number of halogens is 3. The predicted molar refractivity (Wildman–Crippen MR) is 102 cm³/mol. The molecule has 1 aromatic heterocycles. The Labute approximate surface area is 162 Å². The van der Waals surface area contributed by atoms with Gasteiger partial charge < -0.3 is 5.11 Å². The second-order valence-electron chi connectivity index (χ2n) is 6.41. The molecule has 0 saturated carbocycles. The molecule has 1 N–H and O–H groups in total. The molecule has 0 atom stereocenters. The fourth-order valence-corrected chi connectivity index (χ4v) is 3.56. The van der Waals surface area contributed by atoms with E-state index in [-0.39, 0.29) is 33.2 Å². The van der Waals surface area contributed by atoms with Gasteiger partial charge in [0.1, 0.15) is 0 Å². The van der Waals surface area contributed by atoms with Crippen molar-refractivity contribution in [2.75, 3.05) is 0 Å². The Morgan fingerprint density at radius 3 is 2.28 bits per heavy atom. The molecule has 4 aromatic rings. The summed E-state index contributed by atoms with van der Waals surface area (Å²) in [6, 6.07) is 12.9. The predicted octanol–water partition coefficient (Wildman–Crippen LogP) is 5.58. The van der Waals surface area contributed by atoms with Crippen LogP contribution in [0.5, 0.6) is 0 Å². The van der Waals surface area contributed by atoms with Gasteiger partial charge in [-0.05, 0) is 39.7 Å². The molecule has 0 aliphatic carbocycles. The van der Waals surface area contributed by atoms with Crippen molar-refractivity contribution in [3.05, 3.63) is 77.5 Å². The molecule has 0 spiro atoms. The van der Waals surface area contributed by atoms with E-state index in [0.717, 1.165) is 6.07 Å². The maximum atomic E-state index is 13.7. The first-order chi connectivity index (χ1) is 13.8. The summed E-state index contributed by atoms with van der Waals surface area (Å²) in [6.45, 7) is 0. The number of carboxylic acids is 1. The number of pyridine rings is 1. The Morgan fingerprint density at radius 1 is 0.931 bits per heavy atom. The zero-order valence-electron chi connectivity index (χ0n) is 14.7. The van der Waals surface area contributed by atoms with Crippen molar-refractivity contribution in [3.63, 3.8) is 0 Å². The molecule has 1 heterocycles. The van der Waals surface area contributed by atoms with Crippen LogP contribution in [0.4, 0.5) is 13.2 Å². The molecule has 0 bridgehead atoms. The highest BCUT2D eigenvalue weighted by Crippen LogP contribution is 2.41. The Hall–Kier alpha value is -3.74. The van der Waals surface area contributed by atoms with Crippen LogP contribution < -0.4 is 0 Å². The van der Waals surface area contributed by atoms with Gasteiger partial charge in [-0.3, -0.25) is 9.78 Å². The monoisotopic (exact) mass is 395 g/mol. The Kier molecular flexibility index (Phi) is 4.30. The van der Waals surface area contributed by atoms with Crippen molar-refractivity contribution in [3.8, 4) is 11.3 Å². The zero-order chi connectivity index (χ0) is 20.8. The molecule has 0 saturated heterocycles. The minimum atomic E-state index is -4.62. The van der Waals surface area contributed by atoms with Crippen molar-refractivity contribution in [2.45, 2.75) is 6.18 Å². The molecular weight excluding hydrogens is 383 g/mol. The molecule has 0 aliphatic heterocycles. The van der Waals surface area contributed by atoms with Gasteiger partial charge in [-0.15, -0.1) is 0 Å². The van der Waals surface area contributed by atoms with E-state index < -0.39 is 17.7 Å². The van der Waals surface area contributed by atoms with Crippen molar-refractivity contribution in [2.24, 2.45) is 0 Å². The van der Waals surface area contributed by atoms with Gasteiger partial charge in [-0.1, -0.05) is 36.4 Å². The van der Waals surface area contributed by atoms with Crippen LogP contribution in [0.3, 0.4) is 0 Å². The van der Waals surface area contributed by atoms with Crippen LogP contribution in [-0.2, 0) is 6.18 Å². The van der Waals surface area contributed by atoms with Crippen molar-refractivity contribution in [1.82, 2.24) is 4.98 Å². The molecule has 4 nitrogen and oxygen atoms in total. The number of rotatable bonds is 3. The van der Waals surface area contributed by atoms with Crippen molar-refractivity contribution >= 4 is 33.8 Å². The molecule has 4 rings (SSSR count). The molecule has 0 fully saturated rings. The molecule has 7 heteroatoms. The number of fused-ring (bicyclic) bond motifs is 3. The second-order valence-corrected chi connectivity index (χ2v) is 6.41. The van der Waals surface area contributed by atoms with Gasteiger partial charge in [0, 0.05) is 17.3 Å². The third-order valence-electron chi connectivity index (χ3n) is 4.80. The van der Waals surface area contributed by atoms with E-state index >= 15 is 0 Å². The fraction of sp³-hybridized carbons (Fsp3) is 0.0455. The highest BCUT2D eigenvalue weighted by atomic mass is 19.4. The van der Waals surface area contributed by atoms with E-state index in [1.54, 1.807) is 18.2 Å². The number of hydrogen-bond donors (Lipinski definition) is 1. The number of alkyl halides is 3. The number of aromatic nitrogens is 1. The van der Waals surface area contributed by atoms with Gasteiger partial charge in [0.2, 0.25) is 0 Å². The lowest BCUT2D eigenvalue weighted by Gasteiger charge is -2.16. The summed E-state index contributed by atoms with van der Waals surface area (Å²) in [7, 11) is 0. The van der Waals surface area contributed by atoms with Gasteiger partial charge in [0.15, 0.2) is 6.29 Å². The van der Waals surface area contributed by atoms with Gasteiger partial charge in [0.05, 0.1) is 16.8 Å². The summed E-state index contributed by atoms with van der Waals surface area (Å²) in [6.07, 6.45) is -2.82. The topological polar surface area (TPSA) is 67.3 Å². The Bertz CT molecular complexity index is 1300. The maximum absolute atomic E-state index is 13.7. The number of aromatic carboxylic acids is 1. The normalized spacial score (nSPS) is 11.7. The molecule has 0 amide bonds. The number of hydrogen-bond acceptors (Lipinski definition) is 3. The quantitative estimate of drug-likeness (QED) is 0.363. The standard InChI is InChI=1S/C22H12F3NO3/c23-22(24,25)19-10-17-13(12-4-1-2-5-14(12)19)7-8-15(18(17)11-27)20-16(21(28)29)6-3-9-26-20/h1-11H,(H,28,29). The van der Waals surface area contributed by atoms with E-state index in [4.69, 9.17) is 0 Å². The van der Waals surface area contributed by atoms with Crippen LogP contribution in [0.15, 0.2) is 60.8 Å². The largest absolute Gasteiger partial charge is 0.478 e. The van der Waals surface area contributed by atoms with E-state index in [9.17, 15) is 27.9 Å². The van der Waals surface area contributed by atoms with Gasteiger partial charge >= 0.3 is 12.1 Å². The van der Waals surface area contributed by atoms with Crippen LogP contribution >= 0.6 is 0 Å². The lowest BCUT2D eigenvalue weighted by Crippen LogP contribution is -2.07. The van der Waals surface area contributed by atoms with Crippen LogP contribution in [0, 0.1) is 0 Å². The minimum absolute atomic E-state index is 0.0192. The third kappa shape index (κ3) is 3.00. The van der Waals surface area contributed by atoms with E-state index in [1.165, 1.54) is 36.5 Å². The fourth-order valence-electron chi connectivity index (χ4n) is 3.56. The number of nitrogens with zero attached hydrogens (tertiary/aromatic N) is 1. The average molecular weight is 395 g/mol. The Morgan fingerprint density at radius 2 is 1.62 bits per heavy atom. The van der Waals surface area contributed by atoms with Crippen LogP contribution in [0.25, 0.3) is 32.8 Å². The zero-order valence-corrected chi connectivity index (χ0v) is 14.7. The molecule has 0 radical (unpaired) electrons. The molecular formula is C22H12F3NO3. The summed E-state index contributed by atoms with van der Waals surface area (Å²) in [5.41, 5.74) is -0.869. The lowest BCUT2D eigenvalue weighted by atomic mass is 9.90. The van der Waals surface area contributed by atoms with Crippen LogP contribution in [0.2, 0.25) is 0 Å². The number of benzene rings is 3.